The lowest BCUT2D eigenvalue weighted by Gasteiger charge is -1.89. The van der Waals surface area contributed by atoms with E-state index in [1.54, 1.807) is 13.8 Å². The minimum Gasteiger partial charge on any atom is -0.450 e. The SMILES string of the molecule is CCOC(N)=O.CCOC(N)=O.O. The van der Waals surface area contributed by atoms with Gasteiger partial charge in [0.25, 0.3) is 0 Å². The van der Waals surface area contributed by atoms with E-state index in [4.69, 9.17) is 0 Å². The molecule has 80 valence electrons. The smallest absolute Gasteiger partial charge is 0.404 e. The number of carbonyl (C=O) groups excluding carboxylic acids is 2. The summed E-state index contributed by atoms with van der Waals surface area (Å²) in [6.45, 7) is 4.11. The van der Waals surface area contributed by atoms with Gasteiger partial charge in [-0.1, -0.05) is 0 Å². The summed E-state index contributed by atoms with van der Waals surface area (Å²) in [4.78, 5) is 19.2. The highest BCUT2D eigenvalue weighted by molar-refractivity contribution is 5.64. The van der Waals surface area contributed by atoms with Gasteiger partial charge in [-0.05, 0) is 13.8 Å². The summed E-state index contributed by atoms with van der Waals surface area (Å²) in [7, 11) is 0. The summed E-state index contributed by atoms with van der Waals surface area (Å²) in [5.41, 5.74) is 9.08. The quantitative estimate of drug-likeness (QED) is 0.607. The number of primary amides is 2. The monoisotopic (exact) mass is 196 g/mol. The molecule has 7 nitrogen and oxygen atoms in total. The van der Waals surface area contributed by atoms with Crippen LogP contribution >= 0.6 is 0 Å². The highest BCUT2D eigenvalue weighted by Crippen LogP contribution is 1.66. The minimum atomic E-state index is -0.711. The Bertz CT molecular complexity index is 123. The van der Waals surface area contributed by atoms with E-state index in [9.17, 15) is 9.59 Å². The molecule has 0 aliphatic heterocycles. The van der Waals surface area contributed by atoms with Gasteiger partial charge in [0.15, 0.2) is 0 Å². The molecule has 0 heterocycles. The number of hydrogen-bond donors (Lipinski definition) is 2. The predicted octanol–water partition coefficient (Wildman–Crippen LogP) is -0.621. The molecule has 0 bridgehead atoms. The Balaban J connectivity index is -0.000000143. The van der Waals surface area contributed by atoms with Crippen molar-refractivity contribution in [3.8, 4) is 0 Å². The van der Waals surface area contributed by atoms with E-state index < -0.39 is 12.2 Å². The Labute approximate surface area is 76.3 Å². The van der Waals surface area contributed by atoms with Crippen LogP contribution in [0.2, 0.25) is 0 Å². The second kappa shape index (κ2) is 13.1. The van der Waals surface area contributed by atoms with Gasteiger partial charge in [0.05, 0.1) is 13.2 Å². The van der Waals surface area contributed by atoms with E-state index >= 15 is 0 Å². The molecule has 0 aromatic heterocycles. The van der Waals surface area contributed by atoms with Crippen LogP contribution in [0.5, 0.6) is 0 Å². The number of ether oxygens (including phenoxy) is 2. The van der Waals surface area contributed by atoms with Gasteiger partial charge >= 0.3 is 12.2 Å². The van der Waals surface area contributed by atoms with E-state index in [0.29, 0.717) is 13.2 Å². The van der Waals surface area contributed by atoms with Gasteiger partial charge in [-0.25, -0.2) is 9.59 Å². The normalized spacial score (nSPS) is 6.92. The van der Waals surface area contributed by atoms with Crippen molar-refractivity contribution in [2.24, 2.45) is 11.5 Å². The Morgan fingerprint density at radius 1 is 1.00 bits per heavy atom. The molecular formula is C6H16N2O5. The Morgan fingerprint density at radius 3 is 1.23 bits per heavy atom. The van der Waals surface area contributed by atoms with Crippen molar-refractivity contribution in [3.63, 3.8) is 0 Å². The second-order valence-electron chi connectivity index (χ2n) is 1.50. The lowest BCUT2D eigenvalue weighted by atomic mass is 10.9. The van der Waals surface area contributed by atoms with E-state index in [2.05, 4.69) is 20.9 Å². The van der Waals surface area contributed by atoms with E-state index in [0.717, 1.165) is 0 Å². The third-order valence-corrected chi connectivity index (χ3v) is 0.573. The zero-order valence-corrected chi connectivity index (χ0v) is 7.70. The molecule has 0 saturated carbocycles. The molecule has 0 atom stereocenters. The van der Waals surface area contributed by atoms with Crippen LogP contribution < -0.4 is 11.5 Å². The standard InChI is InChI=1S/2C3H7NO2.H2O/c2*1-2-6-3(4)5;/h2*2H2,1H3,(H2,4,5);1H2. The van der Waals surface area contributed by atoms with Crippen molar-refractivity contribution in [1.29, 1.82) is 0 Å². The average molecular weight is 196 g/mol. The van der Waals surface area contributed by atoms with Gasteiger partial charge in [0.1, 0.15) is 0 Å². The molecule has 0 aromatic rings. The summed E-state index contributed by atoms with van der Waals surface area (Å²) < 4.78 is 8.36. The molecule has 0 spiro atoms. The van der Waals surface area contributed by atoms with E-state index in [1.165, 1.54) is 0 Å². The maximum atomic E-state index is 9.60. The van der Waals surface area contributed by atoms with Gasteiger partial charge in [-0.15, -0.1) is 0 Å². The molecule has 0 rings (SSSR count). The third kappa shape index (κ3) is 37.5. The van der Waals surface area contributed by atoms with Crippen molar-refractivity contribution in [2.45, 2.75) is 13.8 Å². The van der Waals surface area contributed by atoms with E-state index in [1.807, 2.05) is 0 Å². The highest BCUT2D eigenvalue weighted by Gasteiger charge is 1.82. The molecule has 2 amide bonds. The fraction of sp³-hybridized carbons (Fsp3) is 0.667. The molecule has 0 fully saturated rings. The van der Waals surface area contributed by atoms with Crippen molar-refractivity contribution in [3.05, 3.63) is 0 Å². The molecule has 0 aliphatic carbocycles. The van der Waals surface area contributed by atoms with Gasteiger partial charge in [0, 0.05) is 0 Å². The summed E-state index contributed by atoms with van der Waals surface area (Å²) in [6.07, 6.45) is -1.42. The topological polar surface area (TPSA) is 136 Å². The third-order valence-electron chi connectivity index (χ3n) is 0.573. The van der Waals surface area contributed by atoms with Crippen molar-refractivity contribution >= 4 is 12.2 Å². The van der Waals surface area contributed by atoms with Crippen LogP contribution in [-0.4, -0.2) is 30.9 Å². The van der Waals surface area contributed by atoms with Gasteiger partial charge in [-0.3, -0.25) is 0 Å². The fourth-order valence-electron chi connectivity index (χ4n) is 0.285. The maximum Gasteiger partial charge on any atom is 0.404 e. The zero-order valence-electron chi connectivity index (χ0n) is 7.70. The molecule has 0 unspecified atom stereocenters. The summed E-state index contributed by atoms with van der Waals surface area (Å²) in [6, 6.07) is 0. The van der Waals surface area contributed by atoms with Crippen LogP contribution in [0, 0.1) is 0 Å². The molecular weight excluding hydrogens is 180 g/mol. The first-order valence-electron chi connectivity index (χ1n) is 3.39. The number of rotatable bonds is 2. The average Bonchev–Trinajstić information content (AvgIpc) is 1.87. The number of carbonyl (C=O) groups is 2. The van der Waals surface area contributed by atoms with Crippen molar-refractivity contribution < 1.29 is 24.5 Å². The molecule has 0 aliphatic rings. The Kier molecular flexibility index (Phi) is 17.7. The number of hydrogen-bond acceptors (Lipinski definition) is 4. The zero-order chi connectivity index (χ0) is 9.98. The summed E-state index contributed by atoms with van der Waals surface area (Å²) in [5, 5.41) is 0. The molecule has 7 heteroatoms. The second-order valence-corrected chi connectivity index (χ2v) is 1.50. The van der Waals surface area contributed by atoms with Crippen LogP contribution in [0.1, 0.15) is 13.8 Å². The molecule has 6 N–H and O–H groups in total. The number of amides is 2. The molecule has 0 radical (unpaired) electrons. The van der Waals surface area contributed by atoms with Crippen LogP contribution in [0.15, 0.2) is 0 Å². The Hall–Kier alpha value is -1.50. The first kappa shape index (κ1) is 17.5. The molecule has 0 aromatic carbocycles. The van der Waals surface area contributed by atoms with Crippen molar-refractivity contribution in [2.75, 3.05) is 13.2 Å². The first-order chi connectivity index (χ1) is 5.54. The molecule has 13 heavy (non-hydrogen) atoms. The van der Waals surface area contributed by atoms with Gasteiger partial charge in [-0.2, -0.15) is 0 Å². The van der Waals surface area contributed by atoms with Crippen LogP contribution in [0.4, 0.5) is 9.59 Å². The van der Waals surface area contributed by atoms with Crippen LogP contribution in [-0.2, 0) is 9.47 Å². The first-order valence-corrected chi connectivity index (χ1v) is 3.39. The predicted molar refractivity (Wildman–Crippen MR) is 46.0 cm³/mol. The highest BCUT2D eigenvalue weighted by atomic mass is 16.5. The molecule has 0 saturated heterocycles. The largest absolute Gasteiger partial charge is 0.450 e. The van der Waals surface area contributed by atoms with Crippen molar-refractivity contribution in [1.82, 2.24) is 0 Å². The fourth-order valence-corrected chi connectivity index (χ4v) is 0.285. The lowest BCUT2D eigenvalue weighted by Crippen LogP contribution is -2.11. The van der Waals surface area contributed by atoms with Crippen LogP contribution in [0.3, 0.4) is 0 Å². The Morgan fingerprint density at radius 2 is 1.23 bits per heavy atom. The van der Waals surface area contributed by atoms with E-state index in [-0.39, 0.29) is 5.48 Å². The van der Waals surface area contributed by atoms with Gasteiger partial charge < -0.3 is 26.4 Å². The van der Waals surface area contributed by atoms with Gasteiger partial charge in [0.2, 0.25) is 0 Å². The van der Waals surface area contributed by atoms with Crippen LogP contribution in [0.25, 0.3) is 0 Å². The number of nitrogens with two attached hydrogens (primary N) is 2. The summed E-state index contributed by atoms with van der Waals surface area (Å²) in [5.74, 6) is 0. The summed E-state index contributed by atoms with van der Waals surface area (Å²) >= 11 is 0. The minimum absolute atomic E-state index is 0. The maximum absolute atomic E-state index is 9.60. The lowest BCUT2D eigenvalue weighted by molar-refractivity contribution is 0.162.